The third-order valence-corrected chi connectivity index (χ3v) is 5.44. The number of para-hydroxylation sites is 1. The first kappa shape index (κ1) is 20.5. The summed E-state index contributed by atoms with van der Waals surface area (Å²) in [6, 6.07) is 24.5. The lowest BCUT2D eigenvalue weighted by molar-refractivity contribution is -0.113. The van der Waals surface area contributed by atoms with Gasteiger partial charge in [0.25, 0.3) is 0 Å². The number of rotatable bonds is 7. The third-order valence-electron chi connectivity index (χ3n) is 4.50. The number of nitrogens with two attached hydrogens (primary N) is 1. The van der Waals surface area contributed by atoms with Crippen molar-refractivity contribution in [1.29, 1.82) is 0 Å². The van der Waals surface area contributed by atoms with Crippen molar-refractivity contribution < 1.29 is 9.53 Å². The van der Waals surface area contributed by atoms with Crippen LogP contribution in [0.5, 0.6) is 11.5 Å². The number of aromatic nitrogens is 3. The molecule has 7 nitrogen and oxygen atoms in total. The Morgan fingerprint density at radius 1 is 0.968 bits per heavy atom. The molecule has 156 valence electrons. The maximum Gasteiger partial charge on any atom is 0.234 e. The van der Waals surface area contributed by atoms with Crippen molar-refractivity contribution in [3.63, 3.8) is 0 Å². The Balaban J connectivity index is 1.33. The maximum atomic E-state index is 12.3. The van der Waals surface area contributed by atoms with Crippen molar-refractivity contribution in [2.24, 2.45) is 0 Å². The van der Waals surface area contributed by atoms with Gasteiger partial charge in [0.05, 0.1) is 5.75 Å². The first-order valence-electron chi connectivity index (χ1n) is 9.62. The van der Waals surface area contributed by atoms with E-state index in [1.165, 1.54) is 16.4 Å². The summed E-state index contributed by atoms with van der Waals surface area (Å²) in [5, 5.41) is 11.6. The lowest BCUT2D eigenvalue weighted by atomic mass is 10.1. The smallest absolute Gasteiger partial charge is 0.234 e. The normalized spacial score (nSPS) is 10.6. The summed E-state index contributed by atoms with van der Waals surface area (Å²) in [6.45, 7) is 1.99. The molecular weight excluding hydrogens is 410 g/mol. The molecule has 0 atom stereocenters. The zero-order valence-electron chi connectivity index (χ0n) is 16.9. The van der Waals surface area contributed by atoms with Crippen molar-refractivity contribution in [2.75, 3.05) is 16.9 Å². The number of nitrogen functional groups attached to an aromatic ring is 1. The molecule has 0 aliphatic heterocycles. The fraction of sp³-hybridized carbons (Fsp3) is 0.0870. The van der Waals surface area contributed by atoms with Crippen molar-refractivity contribution in [3.05, 3.63) is 84.4 Å². The average molecular weight is 432 g/mol. The number of hydrogen-bond acceptors (Lipinski definition) is 6. The predicted molar refractivity (Wildman–Crippen MR) is 123 cm³/mol. The number of carbonyl (C=O) groups is 1. The Labute approximate surface area is 184 Å². The molecule has 4 rings (SSSR count). The maximum absolute atomic E-state index is 12.3. The van der Waals surface area contributed by atoms with Crippen LogP contribution in [0.3, 0.4) is 0 Å². The number of nitrogens with one attached hydrogen (secondary N) is 1. The number of hydrogen-bond donors (Lipinski definition) is 2. The number of ether oxygens (including phenoxy) is 1. The number of anilines is 1. The van der Waals surface area contributed by atoms with Gasteiger partial charge in [-0.1, -0.05) is 54.2 Å². The molecule has 0 bridgehead atoms. The van der Waals surface area contributed by atoms with E-state index in [4.69, 9.17) is 10.6 Å². The molecule has 31 heavy (non-hydrogen) atoms. The molecule has 1 heterocycles. The van der Waals surface area contributed by atoms with Gasteiger partial charge < -0.3 is 15.9 Å². The van der Waals surface area contributed by atoms with Gasteiger partial charge in [0.2, 0.25) is 11.1 Å². The summed E-state index contributed by atoms with van der Waals surface area (Å²) in [5.41, 5.74) is 2.64. The molecule has 0 unspecified atom stereocenters. The summed E-state index contributed by atoms with van der Waals surface area (Å²) in [5.74, 6) is 8.16. The molecular formula is C23H21N5O2S. The van der Waals surface area contributed by atoms with Gasteiger partial charge >= 0.3 is 0 Å². The topological polar surface area (TPSA) is 95.1 Å². The molecule has 0 radical (unpaired) electrons. The van der Waals surface area contributed by atoms with Crippen LogP contribution in [0.15, 0.2) is 84.0 Å². The minimum atomic E-state index is -0.165. The van der Waals surface area contributed by atoms with Crippen LogP contribution >= 0.6 is 11.8 Å². The predicted octanol–water partition coefficient (Wildman–Crippen LogP) is 4.49. The Morgan fingerprint density at radius 3 is 2.39 bits per heavy atom. The van der Waals surface area contributed by atoms with Gasteiger partial charge in [-0.3, -0.25) is 4.79 Å². The second-order valence-electron chi connectivity index (χ2n) is 6.77. The zero-order chi connectivity index (χ0) is 21.6. The number of thioether (sulfide) groups is 1. The van der Waals surface area contributed by atoms with Crippen LogP contribution in [0.1, 0.15) is 5.56 Å². The average Bonchev–Trinajstić information content (AvgIpc) is 3.15. The Bertz CT molecular complexity index is 1180. The van der Waals surface area contributed by atoms with E-state index in [1.807, 2.05) is 61.5 Å². The van der Waals surface area contributed by atoms with Crippen molar-refractivity contribution in [2.45, 2.75) is 12.1 Å². The molecule has 4 aromatic rings. The van der Waals surface area contributed by atoms with E-state index in [9.17, 15) is 4.79 Å². The largest absolute Gasteiger partial charge is 0.457 e. The van der Waals surface area contributed by atoms with E-state index in [2.05, 4.69) is 15.5 Å². The molecule has 0 saturated heterocycles. The monoisotopic (exact) mass is 431 g/mol. The van der Waals surface area contributed by atoms with Gasteiger partial charge in [0.15, 0.2) is 5.82 Å². The molecule has 0 aliphatic carbocycles. The molecule has 0 saturated carbocycles. The fourth-order valence-electron chi connectivity index (χ4n) is 2.94. The second kappa shape index (κ2) is 9.36. The van der Waals surface area contributed by atoms with Crippen LogP contribution in [0.25, 0.3) is 11.4 Å². The molecule has 0 fully saturated rings. The van der Waals surface area contributed by atoms with Gasteiger partial charge in [-0.15, -0.1) is 10.2 Å². The summed E-state index contributed by atoms with van der Waals surface area (Å²) in [6.07, 6.45) is 0. The molecule has 3 N–H and O–H groups in total. The molecule has 1 aromatic heterocycles. The van der Waals surface area contributed by atoms with Gasteiger partial charge in [-0.2, -0.15) is 0 Å². The zero-order valence-corrected chi connectivity index (χ0v) is 17.7. The first-order chi connectivity index (χ1) is 15.1. The van der Waals surface area contributed by atoms with Gasteiger partial charge in [0.1, 0.15) is 11.5 Å². The minimum Gasteiger partial charge on any atom is -0.457 e. The van der Waals surface area contributed by atoms with E-state index >= 15 is 0 Å². The molecule has 8 heteroatoms. The number of amides is 1. The Kier molecular flexibility index (Phi) is 6.18. The number of aryl methyl sites for hydroxylation is 1. The standard InChI is InChI=1S/C23H21N5O2S/c1-16-7-5-6-10-20(16)22-26-27-23(28(22)24)31-15-21(29)25-17-11-13-19(14-12-17)30-18-8-3-2-4-9-18/h2-14H,15,24H2,1H3,(H,25,29). The van der Waals surface area contributed by atoms with Crippen LogP contribution in [0, 0.1) is 6.92 Å². The van der Waals surface area contributed by atoms with Crippen LogP contribution < -0.4 is 15.9 Å². The third kappa shape index (κ3) is 5.04. The van der Waals surface area contributed by atoms with E-state index < -0.39 is 0 Å². The van der Waals surface area contributed by atoms with Gasteiger partial charge in [-0.05, 0) is 48.9 Å². The Hall–Kier alpha value is -3.78. The van der Waals surface area contributed by atoms with Gasteiger partial charge in [-0.25, -0.2) is 4.68 Å². The van der Waals surface area contributed by atoms with Crippen molar-refractivity contribution in [1.82, 2.24) is 14.9 Å². The van der Waals surface area contributed by atoms with Crippen LogP contribution in [-0.4, -0.2) is 26.5 Å². The summed E-state index contributed by atoms with van der Waals surface area (Å²) in [4.78, 5) is 12.3. The lowest BCUT2D eigenvalue weighted by Gasteiger charge is -2.08. The van der Waals surface area contributed by atoms with Crippen molar-refractivity contribution in [3.8, 4) is 22.9 Å². The fourth-order valence-corrected chi connectivity index (χ4v) is 3.60. The quantitative estimate of drug-likeness (QED) is 0.331. The molecule has 1 amide bonds. The van der Waals surface area contributed by atoms with E-state index in [1.54, 1.807) is 24.3 Å². The highest BCUT2D eigenvalue weighted by Gasteiger charge is 2.15. The summed E-state index contributed by atoms with van der Waals surface area (Å²) >= 11 is 1.23. The highest BCUT2D eigenvalue weighted by atomic mass is 32.2. The minimum absolute atomic E-state index is 0.158. The molecule has 3 aromatic carbocycles. The summed E-state index contributed by atoms with van der Waals surface area (Å²) < 4.78 is 7.17. The number of carbonyl (C=O) groups excluding carboxylic acids is 1. The van der Waals surface area contributed by atoms with E-state index in [0.717, 1.165) is 16.9 Å². The highest BCUT2D eigenvalue weighted by Crippen LogP contribution is 2.25. The second-order valence-corrected chi connectivity index (χ2v) is 7.71. The van der Waals surface area contributed by atoms with Crippen LogP contribution in [-0.2, 0) is 4.79 Å². The van der Waals surface area contributed by atoms with Crippen molar-refractivity contribution >= 4 is 23.4 Å². The van der Waals surface area contributed by atoms with E-state index in [-0.39, 0.29) is 11.7 Å². The Morgan fingerprint density at radius 2 is 1.65 bits per heavy atom. The lowest BCUT2D eigenvalue weighted by Crippen LogP contribution is -2.16. The number of benzene rings is 3. The van der Waals surface area contributed by atoms with Gasteiger partial charge in [0, 0.05) is 11.3 Å². The number of nitrogens with zero attached hydrogens (tertiary/aromatic N) is 3. The molecule has 0 aliphatic rings. The summed E-state index contributed by atoms with van der Waals surface area (Å²) in [7, 11) is 0. The van der Waals surface area contributed by atoms with Crippen LogP contribution in [0.2, 0.25) is 0 Å². The highest BCUT2D eigenvalue weighted by molar-refractivity contribution is 7.99. The van der Waals surface area contributed by atoms with E-state index in [0.29, 0.717) is 22.4 Å². The molecule has 0 spiro atoms. The first-order valence-corrected chi connectivity index (χ1v) is 10.6. The SMILES string of the molecule is Cc1ccccc1-c1nnc(SCC(=O)Nc2ccc(Oc3ccccc3)cc2)n1N. The van der Waals surface area contributed by atoms with Crippen LogP contribution in [0.4, 0.5) is 5.69 Å².